The number of benzene rings is 1. The van der Waals surface area contributed by atoms with Crippen molar-refractivity contribution in [3.8, 4) is 0 Å². The summed E-state index contributed by atoms with van der Waals surface area (Å²) in [7, 11) is 0. The lowest BCUT2D eigenvalue weighted by molar-refractivity contribution is 0.0781. The summed E-state index contributed by atoms with van der Waals surface area (Å²) in [6, 6.07) is 8.24. The highest BCUT2D eigenvalue weighted by molar-refractivity contribution is 5.83. The summed E-state index contributed by atoms with van der Waals surface area (Å²) < 4.78 is 5.32. The van der Waals surface area contributed by atoms with Gasteiger partial charge < -0.3 is 9.64 Å². The van der Waals surface area contributed by atoms with Crippen LogP contribution in [0.4, 0.5) is 4.79 Å². The SMILES string of the molecule is Cc1c2c(nc3ccccc13)CCN(C(=O)OC(C)C)CC2. The van der Waals surface area contributed by atoms with Crippen molar-refractivity contribution in [2.24, 2.45) is 0 Å². The molecule has 1 amide bonds. The summed E-state index contributed by atoms with van der Waals surface area (Å²) >= 11 is 0. The summed E-state index contributed by atoms with van der Waals surface area (Å²) in [5, 5.41) is 1.21. The van der Waals surface area contributed by atoms with Crippen LogP contribution in [-0.2, 0) is 17.6 Å². The topological polar surface area (TPSA) is 42.4 Å². The lowest BCUT2D eigenvalue weighted by atomic mass is 9.99. The fraction of sp³-hybridized carbons (Fsp3) is 0.444. The molecule has 0 spiro atoms. The first-order chi connectivity index (χ1) is 10.6. The normalized spacial score (nSPS) is 14.8. The van der Waals surface area contributed by atoms with Crippen molar-refractivity contribution in [1.29, 1.82) is 0 Å². The van der Waals surface area contributed by atoms with E-state index in [1.54, 1.807) is 4.90 Å². The molecule has 4 nitrogen and oxygen atoms in total. The molecular formula is C18H22N2O2. The number of carbonyl (C=O) groups excluding carboxylic acids is 1. The van der Waals surface area contributed by atoms with Crippen LogP contribution in [-0.4, -0.2) is 35.2 Å². The maximum Gasteiger partial charge on any atom is 0.410 e. The molecule has 0 atom stereocenters. The van der Waals surface area contributed by atoms with Crippen LogP contribution in [0.3, 0.4) is 0 Å². The van der Waals surface area contributed by atoms with Crippen molar-refractivity contribution >= 4 is 17.0 Å². The molecule has 0 radical (unpaired) electrons. The molecule has 4 heteroatoms. The smallest absolute Gasteiger partial charge is 0.410 e. The molecule has 3 rings (SSSR count). The monoisotopic (exact) mass is 298 g/mol. The number of pyridine rings is 1. The molecule has 1 aromatic carbocycles. The Morgan fingerprint density at radius 2 is 1.95 bits per heavy atom. The molecule has 0 fully saturated rings. The minimum atomic E-state index is -0.218. The van der Waals surface area contributed by atoms with E-state index >= 15 is 0 Å². The van der Waals surface area contributed by atoms with Crippen molar-refractivity contribution in [3.05, 3.63) is 41.1 Å². The molecule has 0 N–H and O–H groups in total. The highest BCUT2D eigenvalue weighted by Crippen LogP contribution is 2.25. The predicted octanol–water partition coefficient (Wildman–Crippen LogP) is 3.49. The van der Waals surface area contributed by atoms with E-state index < -0.39 is 0 Å². The van der Waals surface area contributed by atoms with E-state index in [4.69, 9.17) is 9.72 Å². The first-order valence-corrected chi connectivity index (χ1v) is 7.89. The van der Waals surface area contributed by atoms with Crippen LogP contribution in [0.25, 0.3) is 10.9 Å². The van der Waals surface area contributed by atoms with E-state index in [0.717, 1.165) is 24.1 Å². The zero-order chi connectivity index (χ0) is 15.7. The number of hydrogen-bond donors (Lipinski definition) is 0. The molecule has 1 aromatic heterocycles. The third-order valence-electron chi connectivity index (χ3n) is 4.21. The Morgan fingerprint density at radius 3 is 2.73 bits per heavy atom. The van der Waals surface area contributed by atoms with Crippen LogP contribution in [0.15, 0.2) is 24.3 Å². The second kappa shape index (κ2) is 5.95. The molecule has 0 aliphatic carbocycles. The quantitative estimate of drug-likeness (QED) is 0.809. The summed E-state index contributed by atoms with van der Waals surface area (Å²) in [5.74, 6) is 0. The third-order valence-corrected chi connectivity index (χ3v) is 4.21. The van der Waals surface area contributed by atoms with Crippen molar-refractivity contribution in [1.82, 2.24) is 9.88 Å². The number of amides is 1. The van der Waals surface area contributed by atoms with Gasteiger partial charge in [-0.3, -0.25) is 4.98 Å². The number of rotatable bonds is 1. The largest absolute Gasteiger partial charge is 0.447 e. The maximum absolute atomic E-state index is 12.1. The molecule has 0 bridgehead atoms. The van der Waals surface area contributed by atoms with Crippen molar-refractivity contribution in [2.75, 3.05) is 13.1 Å². The molecule has 0 saturated heterocycles. The second-order valence-corrected chi connectivity index (χ2v) is 6.10. The van der Waals surface area contributed by atoms with Gasteiger partial charge in [0.1, 0.15) is 0 Å². The van der Waals surface area contributed by atoms with Crippen LogP contribution in [0.5, 0.6) is 0 Å². The number of para-hydroxylation sites is 1. The Kier molecular flexibility index (Phi) is 4.01. The molecular weight excluding hydrogens is 276 g/mol. The zero-order valence-electron chi connectivity index (χ0n) is 13.4. The number of aromatic nitrogens is 1. The molecule has 1 aliphatic rings. The molecule has 2 aromatic rings. The molecule has 22 heavy (non-hydrogen) atoms. The fourth-order valence-corrected chi connectivity index (χ4v) is 3.08. The van der Waals surface area contributed by atoms with Gasteiger partial charge in [0.2, 0.25) is 0 Å². The summed E-state index contributed by atoms with van der Waals surface area (Å²) in [6.45, 7) is 7.28. The highest BCUT2D eigenvalue weighted by Gasteiger charge is 2.22. The van der Waals surface area contributed by atoms with Crippen LogP contribution in [0, 0.1) is 6.92 Å². The van der Waals surface area contributed by atoms with E-state index in [1.165, 1.54) is 16.5 Å². The summed E-state index contributed by atoms with van der Waals surface area (Å²) in [4.78, 5) is 18.7. The van der Waals surface area contributed by atoms with E-state index in [9.17, 15) is 4.79 Å². The van der Waals surface area contributed by atoms with E-state index in [-0.39, 0.29) is 12.2 Å². The fourth-order valence-electron chi connectivity index (χ4n) is 3.08. The summed E-state index contributed by atoms with van der Waals surface area (Å²) in [5.41, 5.74) is 4.74. The average Bonchev–Trinajstić information content (AvgIpc) is 2.70. The number of fused-ring (bicyclic) bond motifs is 2. The predicted molar refractivity (Wildman–Crippen MR) is 87.1 cm³/mol. The van der Waals surface area contributed by atoms with Crippen LogP contribution in [0.2, 0.25) is 0 Å². The van der Waals surface area contributed by atoms with Crippen LogP contribution in [0.1, 0.15) is 30.7 Å². The molecule has 116 valence electrons. The van der Waals surface area contributed by atoms with E-state index in [2.05, 4.69) is 19.1 Å². The number of aryl methyl sites for hydroxylation is 1. The Labute approximate surface area is 131 Å². The lowest BCUT2D eigenvalue weighted by Gasteiger charge is -2.21. The van der Waals surface area contributed by atoms with Crippen LogP contribution >= 0.6 is 0 Å². The van der Waals surface area contributed by atoms with Gasteiger partial charge in [-0.25, -0.2) is 4.79 Å². The van der Waals surface area contributed by atoms with Crippen LogP contribution < -0.4 is 0 Å². The lowest BCUT2D eigenvalue weighted by Crippen LogP contribution is -2.35. The molecule has 1 aliphatic heterocycles. The van der Waals surface area contributed by atoms with Gasteiger partial charge >= 0.3 is 6.09 Å². The van der Waals surface area contributed by atoms with Crippen molar-refractivity contribution in [3.63, 3.8) is 0 Å². The minimum absolute atomic E-state index is 0.0828. The minimum Gasteiger partial charge on any atom is -0.447 e. The number of nitrogens with zero attached hydrogens (tertiary/aromatic N) is 2. The highest BCUT2D eigenvalue weighted by atomic mass is 16.6. The van der Waals surface area contributed by atoms with E-state index in [0.29, 0.717) is 13.1 Å². The second-order valence-electron chi connectivity index (χ2n) is 6.10. The Morgan fingerprint density at radius 1 is 1.23 bits per heavy atom. The van der Waals surface area contributed by atoms with Gasteiger partial charge in [0, 0.05) is 30.6 Å². The van der Waals surface area contributed by atoms with Gasteiger partial charge in [0.05, 0.1) is 11.6 Å². The Bertz CT molecular complexity index is 710. The third kappa shape index (κ3) is 2.78. The van der Waals surface area contributed by atoms with Gasteiger partial charge in [-0.05, 0) is 44.4 Å². The zero-order valence-corrected chi connectivity index (χ0v) is 13.4. The Balaban J connectivity index is 1.89. The number of carbonyl (C=O) groups is 1. The number of ether oxygens (including phenoxy) is 1. The molecule has 0 unspecified atom stereocenters. The average molecular weight is 298 g/mol. The van der Waals surface area contributed by atoms with Crippen molar-refractivity contribution < 1.29 is 9.53 Å². The molecule has 0 saturated carbocycles. The summed E-state index contributed by atoms with van der Waals surface area (Å²) in [6.07, 6.45) is 1.33. The van der Waals surface area contributed by atoms with Gasteiger partial charge in [-0.15, -0.1) is 0 Å². The van der Waals surface area contributed by atoms with Gasteiger partial charge in [-0.1, -0.05) is 18.2 Å². The Hall–Kier alpha value is -2.10. The van der Waals surface area contributed by atoms with Gasteiger partial charge in [0.25, 0.3) is 0 Å². The number of hydrogen-bond acceptors (Lipinski definition) is 3. The molecule has 2 heterocycles. The van der Waals surface area contributed by atoms with Crippen molar-refractivity contribution in [2.45, 2.75) is 39.7 Å². The van der Waals surface area contributed by atoms with Gasteiger partial charge in [-0.2, -0.15) is 0 Å². The standard InChI is InChI=1S/C18H22N2O2/c1-12(2)22-18(21)20-10-8-15-13(3)14-6-4-5-7-16(14)19-17(15)9-11-20/h4-7,12H,8-11H2,1-3H3. The van der Waals surface area contributed by atoms with E-state index in [1.807, 2.05) is 26.0 Å². The van der Waals surface area contributed by atoms with Gasteiger partial charge in [0.15, 0.2) is 0 Å². The first kappa shape index (κ1) is 14.8. The maximum atomic E-state index is 12.1. The first-order valence-electron chi connectivity index (χ1n) is 7.89.